The van der Waals surface area contributed by atoms with Crippen LogP contribution in [0.5, 0.6) is 5.75 Å². The number of aryl methyl sites for hydroxylation is 1. The number of fused-ring (bicyclic) bond motifs is 1. The Balaban J connectivity index is 2.26. The number of nitrogens with zero attached hydrogens (tertiary/aromatic N) is 5. The molecule has 4 rings (SSSR count). The van der Waals surface area contributed by atoms with Crippen molar-refractivity contribution < 1.29 is 13.9 Å². The van der Waals surface area contributed by atoms with Crippen LogP contribution >= 0.6 is 0 Å². The van der Waals surface area contributed by atoms with Gasteiger partial charge in [0.25, 0.3) is 0 Å². The van der Waals surface area contributed by atoms with E-state index in [9.17, 15) is 24.1 Å². The van der Waals surface area contributed by atoms with E-state index >= 15 is 0 Å². The minimum atomic E-state index is -0.765. The largest absolute Gasteiger partial charge is 0.508 e. The summed E-state index contributed by atoms with van der Waals surface area (Å²) in [6.45, 7) is -0.393. The third-order valence-corrected chi connectivity index (χ3v) is 4.72. The van der Waals surface area contributed by atoms with E-state index in [1.54, 1.807) is 13.1 Å². The Hall–Kier alpha value is -4.06. The average Bonchev–Trinajstić information content (AvgIpc) is 3.20. The minimum absolute atomic E-state index is 0.00985. The van der Waals surface area contributed by atoms with Crippen LogP contribution in [0.2, 0.25) is 0 Å². The topological polar surface area (TPSA) is 96.2 Å². The van der Waals surface area contributed by atoms with E-state index in [0.717, 1.165) is 6.07 Å². The lowest BCUT2D eigenvalue weighted by molar-refractivity contribution is 0.468. The van der Waals surface area contributed by atoms with E-state index in [0.29, 0.717) is 0 Å². The molecule has 7 nitrogen and oxygen atoms in total. The third kappa shape index (κ3) is 2.73. The van der Waals surface area contributed by atoms with Crippen LogP contribution in [-0.2, 0) is 13.6 Å². The summed E-state index contributed by atoms with van der Waals surface area (Å²) in [4.78, 5) is 11.2. The molecule has 4 aromatic rings. The van der Waals surface area contributed by atoms with Crippen LogP contribution in [0, 0.1) is 27.9 Å². The van der Waals surface area contributed by atoms with Gasteiger partial charge in [0.15, 0.2) is 5.82 Å². The maximum Gasteiger partial charge on any atom is 0.150 e. The van der Waals surface area contributed by atoms with Crippen molar-refractivity contribution in [2.45, 2.75) is 6.54 Å². The molecule has 2 heterocycles. The van der Waals surface area contributed by atoms with Gasteiger partial charge in [-0.15, -0.1) is 0 Å². The summed E-state index contributed by atoms with van der Waals surface area (Å²) in [5.41, 5.74) is 1.19. The number of halogens is 2. The first kappa shape index (κ1) is 18.3. The monoisotopic (exact) mass is 393 g/mol. The molecule has 29 heavy (non-hydrogen) atoms. The molecule has 0 fully saturated rings. The van der Waals surface area contributed by atoms with Gasteiger partial charge in [-0.3, -0.25) is 4.68 Å². The van der Waals surface area contributed by atoms with E-state index in [2.05, 4.69) is 10.3 Å². The molecular formula is C20H13F2N5O2. The molecule has 0 radical (unpaired) electrons. The highest BCUT2D eigenvalue weighted by Gasteiger charge is 2.27. The van der Waals surface area contributed by atoms with Gasteiger partial charge in [-0.05, 0) is 24.3 Å². The van der Waals surface area contributed by atoms with Crippen LogP contribution in [-0.4, -0.2) is 19.5 Å². The molecule has 0 aliphatic heterocycles. The summed E-state index contributed by atoms with van der Waals surface area (Å²) in [5, 5.41) is 26.2. The lowest BCUT2D eigenvalue weighted by Gasteiger charge is -2.14. The number of aromatic hydroxyl groups is 1. The lowest BCUT2D eigenvalue weighted by Crippen LogP contribution is -2.05. The molecule has 0 atom stereocenters. The first-order chi connectivity index (χ1) is 14.0. The summed E-state index contributed by atoms with van der Waals surface area (Å²) >= 11 is 0. The highest BCUT2D eigenvalue weighted by molar-refractivity contribution is 5.94. The summed E-state index contributed by atoms with van der Waals surface area (Å²) in [5.74, 6) is -1.65. The fourth-order valence-corrected chi connectivity index (χ4v) is 3.57. The highest BCUT2D eigenvalue weighted by Crippen LogP contribution is 2.40. The molecule has 144 valence electrons. The van der Waals surface area contributed by atoms with Crippen LogP contribution in [0.3, 0.4) is 0 Å². The van der Waals surface area contributed by atoms with Gasteiger partial charge >= 0.3 is 0 Å². The number of hydrogen-bond donors (Lipinski definition) is 1. The second kappa shape index (κ2) is 6.83. The maximum absolute atomic E-state index is 14.8. The number of phenols is 1. The fourth-order valence-electron chi connectivity index (χ4n) is 3.57. The van der Waals surface area contributed by atoms with E-state index in [4.69, 9.17) is 0 Å². The second-order valence-electron chi connectivity index (χ2n) is 6.36. The number of aromatic nitrogens is 3. The zero-order valence-corrected chi connectivity index (χ0v) is 15.1. The van der Waals surface area contributed by atoms with Gasteiger partial charge in [0, 0.05) is 24.1 Å². The summed E-state index contributed by atoms with van der Waals surface area (Å²) in [7, 11) is 1.58. The molecule has 0 aliphatic carbocycles. The highest BCUT2D eigenvalue weighted by atomic mass is 19.1. The van der Waals surface area contributed by atoms with E-state index in [1.165, 1.54) is 39.7 Å². The zero-order chi connectivity index (χ0) is 20.7. The van der Waals surface area contributed by atoms with Gasteiger partial charge in [0.05, 0.1) is 28.7 Å². The molecule has 0 unspecified atom stereocenters. The molecular weight excluding hydrogens is 380 g/mol. The second-order valence-corrected chi connectivity index (χ2v) is 6.36. The fraction of sp³-hybridized carbons (Fsp3) is 0.100. The zero-order valence-electron chi connectivity index (χ0n) is 15.1. The van der Waals surface area contributed by atoms with Crippen LogP contribution in [0.1, 0.15) is 11.1 Å². The van der Waals surface area contributed by atoms with Crippen molar-refractivity contribution in [3.05, 3.63) is 70.3 Å². The van der Waals surface area contributed by atoms with Crippen molar-refractivity contribution in [3.63, 3.8) is 0 Å². The molecule has 0 bridgehead atoms. The first-order valence-electron chi connectivity index (χ1n) is 8.50. The lowest BCUT2D eigenvalue weighted by atomic mass is 10.1. The maximum atomic E-state index is 14.8. The van der Waals surface area contributed by atoms with Crippen molar-refractivity contribution in [1.82, 2.24) is 14.3 Å². The van der Waals surface area contributed by atoms with Gasteiger partial charge in [-0.1, -0.05) is 11.2 Å². The number of hydrogen-bond acceptors (Lipinski definition) is 5. The minimum Gasteiger partial charge on any atom is -0.508 e. The molecule has 1 N–H and O–H groups in total. The predicted molar refractivity (Wildman–Crippen MR) is 101 cm³/mol. The van der Waals surface area contributed by atoms with Gasteiger partial charge in [0.1, 0.15) is 29.9 Å². The van der Waals surface area contributed by atoms with Gasteiger partial charge in [-0.25, -0.2) is 8.78 Å². The van der Waals surface area contributed by atoms with E-state index in [-0.39, 0.29) is 44.9 Å². The summed E-state index contributed by atoms with van der Waals surface area (Å²) < 4.78 is 32.4. The number of benzene rings is 2. The van der Waals surface area contributed by atoms with Crippen LogP contribution in [0.4, 0.5) is 8.78 Å². The van der Waals surface area contributed by atoms with Crippen molar-refractivity contribution in [2.24, 2.45) is 12.2 Å². The third-order valence-electron chi connectivity index (χ3n) is 4.72. The van der Waals surface area contributed by atoms with Crippen LogP contribution < -0.4 is 0 Å². The van der Waals surface area contributed by atoms with Crippen molar-refractivity contribution in [1.29, 1.82) is 5.26 Å². The Morgan fingerprint density at radius 2 is 2.00 bits per heavy atom. The summed E-state index contributed by atoms with van der Waals surface area (Å²) in [6.07, 6.45) is 1.33. The SMILES string of the molecule is Cn1ncc(C#N)c1-c1c(CN=O)c2c(F)cccc2n1-c1ccc(O)cc1F. The molecule has 0 aliphatic rings. The number of phenolic OH excluding ortho intramolecular Hbond substituents is 1. The van der Waals surface area contributed by atoms with Crippen molar-refractivity contribution >= 4 is 10.9 Å². The predicted octanol–water partition coefficient (Wildman–Crippen LogP) is 4.15. The molecule has 0 amide bonds. The molecule has 9 heteroatoms. The normalized spacial score (nSPS) is 11.0. The number of nitriles is 1. The number of nitroso groups, excluding NO2 is 1. The molecule has 0 saturated heterocycles. The first-order valence-corrected chi connectivity index (χ1v) is 8.50. The van der Waals surface area contributed by atoms with Gasteiger partial charge in [0.2, 0.25) is 0 Å². The quantitative estimate of drug-likeness (QED) is 0.527. The Bertz CT molecular complexity index is 1320. The van der Waals surface area contributed by atoms with E-state index < -0.39 is 18.2 Å². The number of rotatable bonds is 4. The Morgan fingerprint density at radius 1 is 1.21 bits per heavy atom. The molecule has 0 saturated carbocycles. The van der Waals surface area contributed by atoms with E-state index in [1.807, 2.05) is 6.07 Å². The standard InChI is InChI=1S/C20H13F2N5O2/c1-26-19(11(8-23)9-24-26)20-13(10-25-29)18-14(21)3-2-4-17(18)27(20)16-6-5-12(28)7-15(16)22/h2-7,9,28H,10H2,1H3. The Morgan fingerprint density at radius 3 is 2.69 bits per heavy atom. The van der Waals surface area contributed by atoms with Crippen LogP contribution in [0.15, 0.2) is 47.8 Å². The van der Waals surface area contributed by atoms with Crippen molar-refractivity contribution in [2.75, 3.05) is 0 Å². The molecule has 2 aromatic heterocycles. The Labute approximate surface area is 163 Å². The van der Waals surface area contributed by atoms with Gasteiger partial charge < -0.3 is 9.67 Å². The molecule has 0 spiro atoms. The van der Waals surface area contributed by atoms with Gasteiger partial charge in [-0.2, -0.15) is 15.3 Å². The average molecular weight is 393 g/mol. The van der Waals surface area contributed by atoms with Crippen LogP contribution in [0.25, 0.3) is 28.0 Å². The molecule has 2 aromatic carbocycles. The summed E-state index contributed by atoms with van der Waals surface area (Å²) in [6, 6.07) is 9.83. The Kier molecular flexibility index (Phi) is 4.31. The smallest absolute Gasteiger partial charge is 0.150 e. The van der Waals surface area contributed by atoms with Crippen molar-refractivity contribution in [3.8, 4) is 28.9 Å².